The fourth-order valence-corrected chi connectivity index (χ4v) is 3.69. The Hall–Kier alpha value is -1.84. The predicted octanol–water partition coefficient (Wildman–Crippen LogP) is 2.51. The van der Waals surface area contributed by atoms with Gasteiger partial charge in [-0.2, -0.15) is 0 Å². The minimum atomic E-state index is 0. The largest absolute Gasteiger partial charge is 0.357 e. The predicted molar refractivity (Wildman–Crippen MR) is 137 cm³/mol. The normalized spacial score (nSPS) is 16.1. The van der Waals surface area contributed by atoms with Crippen LogP contribution >= 0.6 is 24.0 Å². The standard InChI is InChI=1S/C23H37N5O2.HI/c1-4-24-23(25-14-12-21(29)27(5-2)6-3)26-17-20-16-22(30)28(18-20)15-13-19-10-8-7-9-11-19;/h7-11,20H,4-6,12-18H2,1-3H3,(H2,24,25,26);1H. The first-order valence-corrected chi connectivity index (χ1v) is 11.2. The average Bonchev–Trinajstić information content (AvgIpc) is 3.11. The Morgan fingerprint density at radius 1 is 1.16 bits per heavy atom. The molecule has 2 N–H and O–H groups in total. The lowest BCUT2D eigenvalue weighted by atomic mass is 10.1. The summed E-state index contributed by atoms with van der Waals surface area (Å²) in [6.07, 6.45) is 1.88. The van der Waals surface area contributed by atoms with Crippen molar-refractivity contribution in [1.29, 1.82) is 0 Å². The van der Waals surface area contributed by atoms with E-state index >= 15 is 0 Å². The Morgan fingerprint density at radius 2 is 1.87 bits per heavy atom. The maximum atomic E-state index is 12.3. The minimum absolute atomic E-state index is 0. The smallest absolute Gasteiger partial charge is 0.224 e. The van der Waals surface area contributed by atoms with E-state index in [4.69, 9.17) is 0 Å². The highest BCUT2D eigenvalue weighted by Crippen LogP contribution is 2.18. The third kappa shape index (κ3) is 9.45. The number of nitrogens with zero attached hydrogens (tertiary/aromatic N) is 3. The molecule has 0 saturated carbocycles. The maximum absolute atomic E-state index is 12.3. The molecule has 2 amide bonds. The van der Waals surface area contributed by atoms with Gasteiger partial charge in [0.25, 0.3) is 0 Å². The lowest BCUT2D eigenvalue weighted by Gasteiger charge is -2.19. The highest BCUT2D eigenvalue weighted by atomic mass is 127. The highest BCUT2D eigenvalue weighted by Gasteiger charge is 2.29. The van der Waals surface area contributed by atoms with Crippen molar-refractivity contribution in [3.05, 3.63) is 35.9 Å². The van der Waals surface area contributed by atoms with Crippen LogP contribution in [0, 0.1) is 5.92 Å². The Labute approximate surface area is 204 Å². The summed E-state index contributed by atoms with van der Waals surface area (Å²) < 4.78 is 0. The number of likely N-dealkylation sites (tertiary alicyclic amines) is 1. The number of amides is 2. The number of hydrogen-bond donors (Lipinski definition) is 2. The Morgan fingerprint density at radius 3 is 2.52 bits per heavy atom. The van der Waals surface area contributed by atoms with Gasteiger partial charge in [0, 0.05) is 64.6 Å². The van der Waals surface area contributed by atoms with Gasteiger partial charge < -0.3 is 20.4 Å². The fourth-order valence-electron chi connectivity index (χ4n) is 3.69. The Balaban J connectivity index is 0.00000480. The molecule has 1 aliphatic heterocycles. The van der Waals surface area contributed by atoms with Crippen molar-refractivity contribution in [2.75, 3.05) is 45.8 Å². The van der Waals surface area contributed by atoms with Gasteiger partial charge in [-0.25, -0.2) is 0 Å². The molecule has 1 saturated heterocycles. The summed E-state index contributed by atoms with van der Waals surface area (Å²) in [7, 11) is 0. The second-order valence-corrected chi connectivity index (χ2v) is 7.61. The van der Waals surface area contributed by atoms with Crippen molar-refractivity contribution in [3.63, 3.8) is 0 Å². The van der Waals surface area contributed by atoms with Crippen molar-refractivity contribution >= 4 is 41.8 Å². The number of carbonyl (C=O) groups excluding carboxylic acids is 2. The van der Waals surface area contributed by atoms with E-state index in [-0.39, 0.29) is 41.7 Å². The van der Waals surface area contributed by atoms with Crippen LogP contribution in [0.5, 0.6) is 0 Å². The van der Waals surface area contributed by atoms with E-state index in [1.54, 1.807) is 0 Å². The first kappa shape index (κ1) is 27.2. The molecule has 2 rings (SSSR count). The summed E-state index contributed by atoms with van der Waals surface area (Å²) >= 11 is 0. The number of aliphatic imine (C=N–C) groups is 1. The molecule has 0 radical (unpaired) electrons. The van der Waals surface area contributed by atoms with Gasteiger partial charge in [-0.15, -0.1) is 24.0 Å². The monoisotopic (exact) mass is 543 g/mol. The van der Waals surface area contributed by atoms with Gasteiger partial charge >= 0.3 is 0 Å². The third-order valence-electron chi connectivity index (χ3n) is 5.41. The first-order valence-electron chi connectivity index (χ1n) is 11.2. The van der Waals surface area contributed by atoms with E-state index in [0.717, 1.165) is 39.1 Å². The number of carbonyl (C=O) groups is 2. The van der Waals surface area contributed by atoms with Crippen molar-refractivity contribution in [1.82, 2.24) is 20.4 Å². The molecule has 0 spiro atoms. The Bertz CT molecular complexity index is 694. The molecule has 1 heterocycles. The molecular weight excluding hydrogens is 505 g/mol. The summed E-state index contributed by atoms with van der Waals surface area (Å²) in [4.78, 5) is 32.9. The van der Waals surface area contributed by atoms with Crippen molar-refractivity contribution < 1.29 is 9.59 Å². The van der Waals surface area contributed by atoms with Crippen LogP contribution in [0.4, 0.5) is 0 Å². The fraction of sp³-hybridized carbons (Fsp3) is 0.609. The number of benzene rings is 1. The summed E-state index contributed by atoms with van der Waals surface area (Å²) in [6, 6.07) is 10.3. The van der Waals surface area contributed by atoms with Crippen molar-refractivity contribution in [3.8, 4) is 0 Å². The van der Waals surface area contributed by atoms with Crippen LogP contribution in [0.1, 0.15) is 39.2 Å². The third-order valence-corrected chi connectivity index (χ3v) is 5.41. The quantitative estimate of drug-likeness (QED) is 0.256. The molecule has 1 aromatic rings. The van der Waals surface area contributed by atoms with Gasteiger partial charge in [-0.05, 0) is 32.8 Å². The van der Waals surface area contributed by atoms with Crippen LogP contribution in [-0.2, 0) is 16.0 Å². The van der Waals surface area contributed by atoms with E-state index in [0.29, 0.717) is 31.9 Å². The van der Waals surface area contributed by atoms with Gasteiger partial charge in [0.1, 0.15) is 0 Å². The molecule has 0 aromatic heterocycles. The highest BCUT2D eigenvalue weighted by molar-refractivity contribution is 14.0. The van der Waals surface area contributed by atoms with Crippen LogP contribution in [0.3, 0.4) is 0 Å². The number of hydrogen-bond acceptors (Lipinski definition) is 3. The van der Waals surface area contributed by atoms with Crippen molar-refractivity contribution in [2.45, 2.75) is 40.0 Å². The summed E-state index contributed by atoms with van der Waals surface area (Å²) in [5, 5.41) is 6.46. The number of nitrogens with one attached hydrogen (secondary N) is 2. The summed E-state index contributed by atoms with van der Waals surface area (Å²) in [5.41, 5.74) is 1.25. The van der Waals surface area contributed by atoms with Crippen LogP contribution in [-0.4, -0.2) is 73.4 Å². The molecule has 1 atom stereocenters. The Kier molecular flexibility index (Phi) is 13.2. The molecule has 1 aromatic carbocycles. The molecule has 1 unspecified atom stereocenters. The molecule has 31 heavy (non-hydrogen) atoms. The maximum Gasteiger partial charge on any atom is 0.224 e. The molecule has 174 valence electrons. The molecule has 0 aliphatic carbocycles. The van der Waals surface area contributed by atoms with Crippen LogP contribution in [0.15, 0.2) is 35.3 Å². The van der Waals surface area contributed by atoms with Crippen LogP contribution < -0.4 is 10.6 Å². The van der Waals surface area contributed by atoms with Gasteiger partial charge in [0.2, 0.25) is 11.8 Å². The zero-order valence-corrected chi connectivity index (χ0v) is 21.4. The number of rotatable bonds is 11. The van der Waals surface area contributed by atoms with Crippen LogP contribution in [0.2, 0.25) is 0 Å². The van der Waals surface area contributed by atoms with E-state index in [9.17, 15) is 9.59 Å². The molecule has 1 aliphatic rings. The number of halogens is 1. The minimum Gasteiger partial charge on any atom is -0.357 e. The molecule has 8 heteroatoms. The van der Waals surface area contributed by atoms with Gasteiger partial charge in [-0.3, -0.25) is 14.6 Å². The first-order chi connectivity index (χ1) is 14.6. The van der Waals surface area contributed by atoms with Crippen molar-refractivity contribution in [2.24, 2.45) is 10.9 Å². The SMILES string of the molecule is CCNC(=NCC1CC(=O)N(CCc2ccccc2)C1)NCCC(=O)N(CC)CC.I. The van der Waals surface area contributed by atoms with E-state index in [2.05, 4.69) is 27.8 Å². The number of guanidine groups is 1. The zero-order chi connectivity index (χ0) is 21.8. The average molecular weight is 543 g/mol. The zero-order valence-electron chi connectivity index (χ0n) is 19.1. The van der Waals surface area contributed by atoms with Gasteiger partial charge in [0.15, 0.2) is 5.96 Å². The van der Waals surface area contributed by atoms with Crippen LogP contribution in [0.25, 0.3) is 0 Å². The molecule has 7 nitrogen and oxygen atoms in total. The molecule has 1 fully saturated rings. The topological polar surface area (TPSA) is 77.0 Å². The molecular formula is C23H38IN5O2. The van der Waals surface area contributed by atoms with E-state index in [1.165, 1.54) is 5.56 Å². The lowest BCUT2D eigenvalue weighted by Crippen LogP contribution is -2.40. The summed E-state index contributed by atoms with van der Waals surface area (Å²) in [5.74, 6) is 1.31. The summed E-state index contributed by atoms with van der Waals surface area (Å²) in [6.45, 7) is 10.9. The van der Waals surface area contributed by atoms with E-state index < -0.39 is 0 Å². The second-order valence-electron chi connectivity index (χ2n) is 7.61. The second kappa shape index (κ2) is 15.0. The molecule has 0 bridgehead atoms. The van der Waals surface area contributed by atoms with E-state index in [1.807, 2.05) is 48.8 Å². The van der Waals surface area contributed by atoms with Gasteiger partial charge in [0.05, 0.1) is 0 Å². The lowest BCUT2D eigenvalue weighted by molar-refractivity contribution is -0.130. The van der Waals surface area contributed by atoms with Gasteiger partial charge in [-0.1, -0.05) is 30.3 Å².